The van der Waals surface area contributed by atoms with Crippen LogP contribution in [-0.4, -0.2) is 39.5 Å². The third-order valence-electron chi connectivity index (χ3n) is 4.70. The highest BCUT2D eigenvalue weighted by Gasteiger charge is 2.20. The summed E-state index contributed by atoms with van der Waals surface area (Å²) in [6, 6.07) is 11.7. The predicted octanol–water partition coefficient (Wildman–Crippen LogP) is 3.78. The van der Waals surface area contributed by atoms with Crippen molar-refractivity contribution in [3.05, 3.63) is 53.7 Å². The van der Waals surface area contributed by atoms with E-state index in [4.69, 9.17) is 14.0 Å². The summed E-state index contributed by atoms with van der Waals surface area (Å²) in [6.45, 7) is 3.50. The molecule has 0 radical (unpaired) electrons. The standard InChI is InChI=1S/C22H24N2O6S/c1-14-5-6-16(19-11-15(2)24-30-19)12-21(14)31(26,27)10-9-22(25)23-17-7-8-18(28-3)20(13-17)29-4/h5-8,11-13H,9-10H2,1-4H3,(H,23,25). The summed E-state index contributed by atoms with van der Waals surface area (Å²) < 4.78 is 41.4. The highest BCUT2D eigenvalue weighted by atomic mass is 32.2. The molecule has 0 fully saturated rings. The van der Waals surface area contributed by atoms with Gasteiger partial charge in [0, 0.05) is 29.8 Å². The van der Waals surface area contributed by atoms with Crippen LogP contribution in [0.25, 0.3) is 11.3 Å². The number of sulfone groups is 1. The van der Waals surface area contributed by atoms with E-state index >= 15 is 0 Å². The smallest absolute Gasteiger partial charge is 0.225 e. The molecular formula is C22H24N2O6S. The van der Waals surface area contributed by atoms with E-state index in [2.05, 4.69) is 10.5 Å². The van der Waals surface area contributed by atoms with E-state index in [-0.39, 0.29) is 17.1 Å². The van der Waals surface area contributed by atoms with Gasteiger partial charge in [0.05, 0.1) is 30.6 Å². The lowest BCUT2D eigenvalue weighted by Gasteiger charge is -2.11. The summed E-state index contributed by atoms with van der Waals surface area (Å²) >= 11 is 0. The van der Waals surface area contributed by atoms with Gasteiger partial charge < -0.3 is 19.3 Å². The van der Waals surface area contributed by atoms with Crippen LogP contribution in [0.5, 0.6) is 11.5 Å². The Kier molecular flexibility index (Phi) is 6.65. The fourth-order valence-corrected chi connectivity index (χ4v) is 4.60. The van der Waals surface area contributed by atoms with Crippen molar-refractivity contribution in [2.24, 2.45) is 0 Å². The Labute approximate surface area is 181 Å². The molecule has 1 amide bonds. The first-order valence-corrected chi connectivity index (χ1v) is 11.2. The van der Waals surface area contributed by atoms with Crippen molar-refractivity contribution >= 4 is 21.4 Å². The molecule has 31 heavy (non-hydrogen) atoms. The Morgan fingerprint density at radius 3 is 2.42 bits per heavy atom. The normalized spacial score (nSPS) is 11.2. The number of nitrogens with one attached hydrogen (secondary N) is 1. The maximum atomic E-state index is 12.9. The SMILES string of the molecule is COc1ccc(NC(=O)CCS(=O)(=O)c2cc(-c3cc(C)no3)ccc2C)cc1OC. The number of benzene rings is 2. The van der Waals surface area contributed by atoms with E-state index in [1.54, 1.807) is 56.3 Å². The Bertz CT molecular complexity index is 1200. The molecule has 9 heteroatoms. The van der Waals surface area contributed by atoms with Gasteiger partial charge in [0.15, 0.2) is 27.1 Å². The maximum absolute atomic E-state index is 12.9. The van der Waals surface area contributed by atoms with Gasteiger partial charge in [0.25, 0.3) is 0 Å². The molecule has 0 aliphatic carbocycles. The molecule has 0 spiro atoms. The zero-order valence-corrected chi connectivity index (χ0v) is 18.6. The number of rotatable bonds is 8. The third-order valence-corrected chi connectivity index (χ3v) is 6.55. The van der Waals surface area contributed by atoms with Crippen molar-refractivity contribution in [3.8, 4) is 22.8 Å². The van der Waals surface area contributed by atoms with Crippen molar-refractivity contribution in [2.75, 3.05) is 25.3 Å². The largest absolute Gasteiger partial charge is 0.493 e. The van der Waals surface area contributed by atoms with Gasteiger partial charge in [-0.1, -0.05) is 17.3 Å². The first-order chi connectivity index (χ1) is 14.7. The Morgan fingerprint density at radius 1 is 1.03 bits per heavy atom. The van der Waals surface area contributed by atoms with Crippen LogP contribution in [0.15, 0.2) is 51.9 Å². The van der Waals surface area contributed by atoms with Crippen molar-refractivity contribution in [1.29, 1.82) is 0 Å². The number of aryl methyl sites for hydroxylation is 2. The number of ether oxygens (including phenoxy) is 2. The number of anilines is 1. The topological polar surface area (TPSA) is 108 Å². The predicted molar refractivity (Wildman–Crippen MR) is 116 cm³/mol. The van der Waals surface area contributed by atoms with Gasteiger partial charge in [-0.25, -0.2) is 8.42 Å². The second-order valence-corrected chi connectivity index (χ2v) is 9.08. The Morgan fingerprint density at radius 2 is 1.77 bits per heavy atom. The Hall–Kier alpha value is -3.33. The quantitative estimate of drug-likeness (QED) is 0.563. The van der Waals surface area contributed by atoms with E-state index in [9.17, 15) is 13.2 Å². The lowest BCUT2D eigenvalue weighted by molar-refractivity contribution is -0.115. The minimum Gasteiger partial charge on any atom is -0.493 e. The number of amides is 1. The van der Waals surface area contributed by atoms with Crippen LogP contribution in [0.4, 0.5) is 5.69 Å². The first kappa shape index (κ1) is 22.4. The van der Waals surface area contributed by atoms with E-state index in [1.165, 1.54) is 14.2 Å². The monoisotopic (exact) mass is 444 g/mol. The molecule has 3 aromatic rings. The van der Waals surface area contributed by atoms with Crippen molar-refractivity contribution in [3.63, 3.8) is 0 Å². The number of carbonyl (C=O) groups is 1. The molecule has 0 aliphatic heterocycles. The minimum absolute atomic E-state index is 0.165. The van der Waals surface area contributed by atoms with E-state index in [1.807, 2.05) is 0 Å². The van der Waals surface area contributed by atoms with Crippen LogP contribution in [0.1, 0.15) is 17.7 Å². The molecule has 2 aromatic carbocycles. The summed E-state index contributed by atoms with van der Waals surface area (Å²) in [5.41, 5.74) is 2.39. The first-order valence-electron chi connectivity index (χ1n) is 9.52. The summed E-state index contributed by atoms with van der Waals surface area (Å²) in [4.78, 5) is 12.5. The van der Waals surface area contributed by atoms with Gasteiger partial charge >= 0.3 is 0 Å². The van der Waals surface area contributed by atoms with Crippen molar-refractivity contribution < 1.29 is 27.2 Å². The van der Waals surface area contributed by atoms with Gasteiger partial charge in [0.2, 0.25) is 5.91 Å². The average molecular weight is 445 g/mol. The molecule has 1 heterocycles. The number of nitrogens with zero attached hydrogens (tertiary/aromatic N) is 1. The van der Waals surface area contributed by atoms with Crippen LogP contribution in [-0.2, 0) is 14.6 Å². The van der Waals surface area contributed by atoms with Crippen LogP contribution in [0.3, 0.4) is 0 Å². The highest BCUT2D eigenvalue weighted by Crippen LogP contribution is 2.30. The Balaban J connectivity index is 1.72. The highest BCUT2D eigenvalue weighted by molar-refractivity contribution is 7.91. The fourth-order valence-electron chi connectivity index (χ4n) is 3.06. The van der Waals surface area contributed by atoms with Gasteiger partial charge in [-0.15, -0.1) is 0 Å². The molecule has 3 rings (SSSR count). The van der Waals surface area contributed by atoms with Gasteiger partial charge in [-0.05, 0) is 37.6 Å². The van der Waals surface area contributed by atoms with E-state index in [0.29, 0.717) is 39.8 Å². The van der Waals surface area contributed by atoms with Crippen LogP contribution in [0, 0.1) is 13.8 Å². The zero-order valence-electron chi connectivity index (χ0n) is 17.8. The lowest BCUT2D eigenvalue weighted by Crippen LogP contribution is -2.18. The molecule has 1 aromatic heterocycles. The zero-order chi connectivity index (χ0) is 22.6. The fraction of sp³-hybridized carbons (Fsp3) is 0.273. The van der Waals surface area contributed by atoms with Gasteiger partial charge in [-0.3, -0.25) is 4.79 Å². The maximum Gasteiger partial charge on any atom is 0.225 e. The second-order valence-electron chi connectivity index (χ2n) is 7.00. The summed E-state index contributed by atoms with van der Waals surface area (Å²) in [5.74, 6) is 0.727. The summed E-state index contributed by atoms with van der Waals surface area (Å²) in [6.07, 6.45) is -0.193. The molecule has 0 unspecified atom stereocenters. The molecule has 0 bridgehead atoms. The van der Waals surface area contributed by atoms with Gasteiger partial charge in [0.1, 0.15) is 0 Å². The molecule has 0 saturated carbocycles. The molecule has 164 valence electrons. The number of hydrogen-bond acceptors (Lipinski definition) is 7. The number of hydrogen-bond donors (Lipinski definition) is 1. The van der Waals surface area contributed by atoms with Crippen molar-refractivity contribution in [1.82, 2.24) is 5.16 Å². The van der Waals surface area contributed by atoms with Gasteiger partial charge in [-0.2, -0.15) is 0 Å². The molecule has 0 atom stereocenters. The number of methoxy groups -OCH3 is 2. The van der Waals surface area contributed by atoms with E-state index in [0.717, 1.165) is 0 Å². The molecule has 0 saturated heterocycles. The number of aromatic nitrogens is 1. The number of carbonyl (C=O) groups excluding carboxylic acids is 1. The average Bonchev–Trinajstić information content (AvgIpc) is 3.18. The second kappa shape index (κ2) is 9.22. The van der Waals surface area contributed by atoms with Crippen LogP contribution >= 0.6 is 0 Å². The molecular weight excluding hydrogens is 420 g/mol. The van der Waals surface area contributed by atoms with Crippen LogP contribution < -0.4 is 14.8 Å². The van der Waals surface area contributed by atoms with Crippen molar-refractivity contribution in [2.45, 2.75) is 25.2 Å². The minimum atomic E-state index is -3.69. The lowest BCUT2D eigenvalue weighted by atomic mass is 10.1. The summed E-state index contributed by atoms with van der Waals surface area (Å²) in [7, 11) is -0.685. The third kappa shape index (κ3) is 5.24. The molecule has 8 nitrogen and oxygen atoms in total. The molecule has 0 aliphatic rings. The molecule has 1 N–H and O–H groups in total. The summed E-state index contributed by atoms with van der Waals surface area (Å²) in [5, 5.41) is 6.52. The van der Waals surface area contributed by atoms with Crippen LogP contribution in [0.2, 0.25) is 0 Å². The van der Waals surface area contributed by atoms with E-state index < -0.39 is 15.7 Å².